The van der Waals surface area contributed by atoms with Crippen LogP contribution in [0.1, 0.15) is 23.6 Å². The minimum atomic E-state index is 1.06. The summed E-state index contributed by atoms with van der Waals surface area (Å²) in [5.41, 5.74) is 8.08. The van der Waals surface area contributed by atoms with Crippen molar-refractivity contribution in [3.63, 3.8) is 0 Å². The van der Waals surface area contributed by atoms with E-state index in [0.29, 0.717) is 0 Å². The van der Waals surface area contributed by atoms with Gasteiger partial charge in [-0.05, 0) is 60.2 Å². The SMILES string of the molecule is CC1=CCc2cc(-c3ccc(C)cc3)c(Br)cc21. The molecule has 0 saturated heterocycles. The summed E-state index contributed by atoms with van der Waals surface area (Å²) in [5, 5.41) is 0. The van der Waals surface area contributed by atoms with E-state index in [4.69, 9.17) is 0 Å². The van der Waals surface area contributed by atoms with Gasteiger partial charge in [-0.25, -0.2) is 0 Å². The van der Waals surface area contributed by atoms with Crippen LogP contribution in [0.5, 0.6) is 0 Å². The Morgan fingerprint density at radius 1 is 0.944 bits per heavy atom. The molecule has 0 amide bonds. The second kappa shape index (κ2) is 4.40. The van der Waals surface area contributed by atoms with E-state index in [0.717, 1.165) is 6.42 Å². The highest BCUT2D eigenvalue weighted by Crippen LogP contribution is 2.36. The predicted octanol–water partition coefficient (Wildman–Crippen LogP) is 5.38. The van der Waals surface area contributed by atoms with Crippen LogP contribution in [0.2, 0.25) is 0 Å². The summed E-state index contributed by atoms with van der Waals surface area (Å²) >= 11 is 3.71. The second-order valence-corrected chi connectivity index (χ2v) is 5.80. The molecule has 0 unspecified atom stereocenters. The van der Waals surface area contributed by atoms with Gasteiger partial charge in [0, 0.05) is 4.47 Å². The van der Waals surface area contributed by atoms with Gasteiger partial charge in [-0.3, -0.25) is 0 Å². The Kier molecular flexibility index (Phi) is 2.87. The van der Waals surface area contributed by atoms with Crippen LogP contribution in [-0.4, -0.2) is 0 Å². The van der Waals surface area contributed by atoms with Crippen LogP contribution in [0.25, 0.3) is 16.7 Å². The molecule has 0 atom stereocenters. The average Bonchev–Trinajstić information content (AvgIpc) is 2.71. The molecule has 0 nitrogen and oxygen atoms in total. The summed E-state index contributed by atoms with van der Waals surface area (Å²) in [5.74, 6) is 0. The van der Waals surface area contributed by atoms with Gasteiger partial charge in [0.25, 0.3) is 0 Å². The lowest BCUT2D eigenvalue weighted by Crippen LogP contribution is -1.88. The number of fused-ring (bicyclic) bond motifs is 1. The number of aryl methyl sites for hydroxylation is 1. The third kappa shape index (κ3) is 1.93. The quantitative estimate of drug-likeness (QED) is 0.663. The maximum atomic E-state index is 3.71. The standard InChI is InChI=1S/C17H15Br/c1-11-3-6-13(7-4-11)16-9-14-8-5-12(2)15(14)10-17(16)18/h3-7,9-10H,8H2,1-2H3. The van der Waals surface area contributed by atoms with Crippen molar-refractivity contribution in [2.75, 3.05) is 0 Å². The van der Waals surface area contributed by atoms with E-state index in [-0.39, 0.29) is 0 Å². The predicted molar refractivity (Wildman–Crippen MR) is 81.7 cm³/mol. The molecule has 0 spiro atoms. The van der Waals surface area contributed by atoms with E-state index >= 15 is 0 Å². The van der Waals surface area contributed by atoms with Gasteiger partial charge >= 0.3 is 0 Å². The molecule has 0 bridgehead atoms. The van der Waals surface area contributed by atoms with Crippen LogP contribution in [-0.2, 0) is 6.42 Å². The number of allylic oxidation sites excluding steroid dienone is 2. The average molecular weight is 299 g/mol. The highest BCUT2D eigenvalue weighted by Gasteiger charge is 2.14. The van der Waals surface area contributed by atoms with E-state index in [1.54, 1.807) is 0 Å². The second-order valence-electron chi connectivity index (χ2n) is 4.95. The molecule has 2 aromatic rings. The normalized spacial score (nSPS) is 13.4. The zero-order valence-corrected chi connectivity index (χ0v) is 12.2. The van der Waals surface area contributed by atoms with Crippen LogP contribution in [0.3, 0.4) is 0 Å². The van der Waals surface area contributed by atoms with Gasteiger partial charge in [0.2, 0.25) is 0 Å². The summed E-state index contributed by atoms with van der Waals surface area (Å²) in [6, 6.07) is 13.3. The Balaban J connectivity index is 2.12. The molecule has 0 N–H and O–H groups in total. The van der Waals surface area contributed by atoms with Gasteiger partial charge in [0.15, 0.2) is 0 Å². The van der Waals surface area contributed by atoms with Crippen LogP contribution < -0.4 is 0 Å². The lowest BCUT2D eigenvalue weighted by atomic mass is 9.98. The molecule has 18 heavy (non-hydrogen) atoms. The molecular formula is C17H15Br. The van der Waals surface area contributed by atoms with Gasteiger partial charge in [-0.2, -0.15) is 0 Å². The summed E-state index contributed by atoms with van der Waals surface area (Å²) in [7, 11) is 0. The van der Waals surface area contributed by atoms with Crippen molar-refractivity contribution in [3.05, 3.63) is 63.6 Å². The van der Waals surface area contributed by atoms with Crippen molar-refractivity contribution < 1.29 is 0 Å². The molecule has 1 aliphatic carbocycles. The molecule has 0 aliphatic heterocycles. The van der Waals surface area contributed by atoms with Crippen LogP contribution >= 0.6 is 15.9 Å². The van der Waals surface area contributed by atoms with Crippen molar-refractivity contribution >= 4 is 21.5 Å². The van der Waals surface area contributed by atoms with E-state index < -0.39 is 0 Å². The van der Waals surface area contributed by atoms with E-state index in [2.05, 4.69) is 72.3 Å². The Morgan fingerprint density at radius 2 is 1.67 bits per heavy atom. The number of benzene rings is 2. The molecule has 90 valence electrons. The smallest absolute Gasteiger partial charge is 0.0259 e. The fourth-order valence-corrected chi connectivity index (χ4v) is 3.05. The number of rotatable bonds is 1. The molecule has 0 saturated carbocycles. The lowest BCUT2D eigenvalue weighted by Gasteiger charge is -2.10. The minimum Gasteiger partial charge on any atom is -0.0766 e. The van der Waals surface area contributed by atoms with Gasteiger partial charge in [0.1, 0.15) is 0 Å². The Hall–Kier alpha value is -1.34. The third-order valence-corrected chi connectivity index (χ3v) is 4.26. The third-order valence-electron chi connectivity index (χ3n) is 3.61. The number of hydrogen-bond donors (Lipinski definition) is 0. The summed E-state index contributed by atoms with van der Waals surface area (Å²) < 4.78 is 1.18. The van der Waals surface area contributed by atoms with E-state index in [9.17, 15) is 0 Å². The first-order valence-corrected chi connectivity index (χ1v) is 7.01. The highest BCUT2D eigenvalue weighted by atomic mass is 79.9. The molecule has 2 aromatic carbocycles. The zero-order valence-electron chi connectivity index (χ0n) is 10.6. The summed E-state index contributed by atoms with van der Waals surface area (Å²) in [6.07, 6.45) is 3.36. The maximum absolute atomic E-state index is 3.71. The maximum Gasteiger partial charge on any atom is 0.0259 e. The van der Waals surface area contributed by atoms with Gasteiger partial charge in [-0.1, -0.05) is 51.8 Å². The highest BCUT2D eigenvalue weighted by molar-refractivity contribution is 9.10. The van der Waals surface area contributed by atoms with Crippen molar-refractivity contribution in [2.45, 2.75) is 20.3 Å². The molecule has 3 rings (SSSR count). The molecular weight excluding hydrogens is 284 g/mol. The number of hydrogen-bond acceptors (Lipinski definition) is 0. The fourth-order valence-electron chi connectivity index (χ4n) is 2.48. The van der Waals surface area contributed by atoms with Crippen molar-refractivity contribution in [1.29, 1.82) is 0 Å². The fraction of sp³-hybridized carbons (Fsp3) is 0.176. The molecule has 0 fully saturated rings. The molecule has 0 heterocycles. The molecule has 0 aromatic heterocycles. The first kappa shape index (κ1) is 11.7. The van der Waals surface area contributed by atoms with Gasteiger partial charge in [-0.15, -0.1) is 0 Å². The Morgan fingerprint density at radius 3 is 2.39 bits per heavy atom. The lowest BCUT2D eigenvalue weighted by molar-refractivity contribution is 1.30. The Labute approximate surface area is 116 Å². The Bertz CT molecular complexity index is 633. The van der Waals surface area contributed by atoms with Gasteiger partial charge < -0.3 is 0 Å². The minimum absolute atomic E-state index is 1.06. The molecule has 1 heteroatoms. The molecule has 0 radical (unpaired) electrons. The van der Waals surface area contributed by atoms with E-state index in [1.165, 1.54) is 37.9 Å². The van der Waals surface area contributed by atoms with Crippen LogP contribution in [0, 0.1) is 6.92 Å². The van der Waals surface area contributed by atoms with Crippen molar-refractivity contribution in [1.82, 2.24) is 0 Å². The first-order chi connectivity index (χ1) is 8.65. The van der Waals surface area contributed by atoms with Gasteiger partial charge in [0.05, 0.1) is 0 Å². The summed E-state index contributed by atoms with van der Waals surface area (Å²) in [6.45, 7) is 4.30. The van der Waals surface area contributed by atoms with Crippen LogP contribution in [0.15, 0.2) is 46.9 Å². The van der Waals surface area contributed by atoms with Crippen molar-refractivity contribution in [3.8, 4) is 11.1 Å². The van der Waals surface area contributed by atoms with Crippen molar-refractivity contribution in [2.24, 2.45) is 0 Å². The zero-order chi connectivity index (χ0) is 12.7. The van der Waals surface area contributed by atoms with Crippen LogP contribution in [0.4, 0.5) is 0 Å². The first-order valence-electron chi connectivity index (χ1n) is 6.22. The van der Waals surface area contributed by atoms with E-state index in [1.807, 2.05) is 0 Å². The monoisotopic (exact) mass is 298 g/mol. The largest absolute Gasteiger partial charge is 0.0766 e. The number of halogens is 1. The topological polar surface area (TPSA) is 0 Å². The summed E-state index contributed by atoms with van der Waals surface area (Å²) in [4.78, 5) is 0. The molecule has 1 aliphatic rings.